The third-order valence-corrected chi connectivity index (χ3v) is 3.47. The van der Waals surface area contributed by atoms with Crippen LogP contribution in [0.1, 0.15) is 24.9 Å². The Kier molecular flexibility index (Phi) is 3.57. The summed E-state index contributed by atoms with van der Waals surface area (Å²) >= 11 is 6.00. The van der Waals surface area contributed by atoms with Gasteiger partial charge in [0.1, 0.15) is 5.75 Å². The number of methoxy groups -OCH3 is 1. The zero-order valence-electron chi connectivity index (χ0n) is 10.0. The average Bonchev–Trinajstić information content (AvgIpc) is 2.68. The van der Waals surface area contributed by atoms with Crippen molar-refractivity contribution in [2.75, 3.05) is 13.7 Å². The number of carbonyl (C=O) groups excluding carboxylic acids is 1. The Morgan fingerprint density at radius 2 is 2.06 bits per heavy atom. The predicted octanol–water partition coefficient (Wildman–Crippen LogP) is 2.60. The Balaban J connectivity index is 2.13. The van der Waals surface area contributed by atoms with E-state index in [1.165, 1.54) is 0 Å². The van der Waals surface area contributed by atoms with Gasteiger partial charge in [0.2, 0.25) is 5.91 Å². The zero-order valence-corrected chi connectivity index (χ0v) is 10.8. The molecule has 0 bridgehead atoms. The molecule has 1 saturated heterocycles. The third-order valence-electron chi connectivity index (χ3n) is 3.18. The van der Waals surface area contributed by atoms with Crippen molar-refractivity contribution in [3.05, 3.63) is 29.8 Å². The normalized spacial score (nSPS) is 21.7. The number of amides is 1. The first kappa shape index (κ1) is 12.2. The first-order chi connectivity index (χ1) is 8.11. The number of halogens is 1. The molecule has 17 heavy (non-hydrogen) atoms. The SMILES string of the molecule is COc1ccc([C@H](C)N2CC(Cl)CC2=O)cc1. The van der Waals surface area contributed by atoms with E-state index in [0.29, 0.717) is 13.0 Å². The molecule has 4 heteroatoms. The Labute approximate surface area is 106 Å². The minimum Gasteiger partial charge on any atom is -0.497 e. The lowest BCUT2D eigenvalue weighted by Gasteiger charge is -2.24. The van der Waals surface area contributed by atoms with Crippen LogP contribution in [0.4, 0.5) is 0 Å². The molecule has 1 heterocycles. The maximum absolute atomic E-state index is 11.7. The van der Waals surface area contributed by atoms with Crippen molar-refractivity contribution in [2.24, 2.45) is 0 Å². The molecule has 92 valence electrons. The summed E-state index contributed by atoms with van der Waals surface area (Å²) < 4.78 is 5.11. The first-order valence-electron chi connectivity index (χ1n) is 5.69. The molecule has 0 spiro atoms. The highest BCUT2D eigenvalue weighted by Crippen LogP contribution is 2.28. The van der Waals surface area contributed by atoms with E-state index in [4.69, 9.17) is 16.3 Å². The lowest BCUT2D eigenvalue weighted by atomic mass is 10.1. The van der Waals surface area contributed by atoms with Crippen LogP contribution in [-0.2, 0) is 4.79 Å². The number of ether oxygens (including phenoxy) is 1. The summed E-state index contributed by atoms with van der Waals surface area (Å²) in [4.78, 5) is 13.6. The summed E-state index contributed by atoms with van der Waals surface area (Å²) in [6.07, 6.45) is 0.446. The maximum Gasteiger partial charge on any atom is 0.224 e. The topological polar surface area (TPSA) is 29.5 Å². The summed E-state index contributed by atoms with van der Waals surface area (Å²) in [6, 6.07) is 7.85. The molecule has 3 nitrogen and oxygen atoms in total. The molecule has 0 aliphatic carbocycles. The van der Waals surface area contributed by atoms with Gasteiger partial charge in [-0.1, -0.05) is 12.1 Å². The molecule has 0 saturated carbocycles. The van der Waals surface area contributed by atoms with Gasteiger partial charge in [-0.25, -0.2) is 0 Å². The highest BCUT2D eigenvalue weighted by atomic mass is 35.5. The predicted molar refractivity (Wildman–Crippen MR) is 67.4 cm³/mol. The molecule has 1 unspecified atom stereocenters. The molecule has 1 fully saturated rings. The number of benzene rings is 1. The average molecular weight is 254 g/mol. The highest BCUT2D eigenvalue weighted by Gasteiger charge is 2.31. The van der Waals surface area contributed by atoms with Crippen molar-refractivity contribution in [2.45, 2.75) is 24.8 Å². The van der Waals surface area contributed by atoms with Crippen molar-refractivity contribution in [1.82, 2.24) is 4.90 Å². The fourth-order valence-corrected chi connectivity index (χ4v) is 2.40. The molecular weight excluding hydrogens is 238 g/mol. The van der Waals surface area contributed by atoms with Gasteiger partial charge in [0.15, 0.2) is 0 Å². The van der Waals surface area contributed by atoms with E-state index in [-0.39, 0.29) is 17.3 Å². The Bertz CT molecular complexity index is 404. The summed E-state index contributed by atoms with van der Waals surface area (Å²) in [7, 11) is 1.64. The van der Waals surface area contributed by atoms with Crippen LogP contribution in [0.5, 0.6) is 5.75 Å². The van der Waals surface area contributed by atoms with E-state index < -0.39 is 0 Å². The largest absolute Gasteiger partial charge is 0.497 e. The Morgan fingerprint density at radius 3 is 2.53 bits per heavy atom. The molecule has 1 aliphatic rings. The van der Waals surface area contributed by atoms with Gasteiger partial charge in [0.25, 0.3) is 0 Å². The minimum atomic E-state index is -0.0526. The number of alkyl halides is 1. The number of hydrogen-bond acceptors (Lipinski definition) is 2. The minimum absolute atomic E-state index is 0.0526. The van der Waals surface area contributed by atoms with Crippen LogP contribution in [0.2, 0.25) is 0 Å². The van der Waals surface area contributed by atoms with E-state index in [1.54, 1.807) is 7.11 Å². The van der Waals surface area contributed by atoms with Crippen molar-refractivity contribution >= 4 is 17.5 Å². The zero-order chi connectivity index (χ0) is 12.4. The molecule has 0 aromatic heterocycles. The summed E-state index contributed by atoms with van der Waals surface area (Å²) in [5.74, 6) is 0.956. The van der Waals surface area contributed by atoms with Crippen LogP contribution in [0.15, 0.2) is 24.3 Å². The molecule has 1 aromatic rings. The summed E-state index contributed by atoms with van der Waals surface area (Å²) in [5.41, 5.74) is 1.10. The standard InChI is InChI=1S/C13H16ClNO2/c1-9(15-8-11(14)7-13(15)16)10-3-5-12(17-2)6-4-10/h3-6,9,11H,7-8H2,1-2H3/t9-,11?/m0/s1. The number of carbonyl (C=O) groups is 1. The molecule has 0 N–H and O–H groups in total. The molecule has 2 rings (SSSR count). The van der Waals surface area contributed by atoms with Crippen LogP contribution >= 0.6 is 11.6 Å². The van der Waals surface area contributed by atoms with Gasteiger partial charge in [0, 0.05) is 13.0 Å². The second-order valence-electron chi connectivity index (χ2n) is 4.30. The van der Waals surface area contributed by atoms with Crippen molar-refractivity contribution in [1.29, 1.82) is 0 Å². The Morgan fingerprint density at radius 1 is 1.41 bits per heavy atom. The van der Waals surface area contributed by atoms with Crippen molar-refractivity contribution in [3.63, 3.8) is 0 Å². The number of rotatable bonds is 3. The molecule has 1 aliphatic heterocycles. The van der Waals surface area contributed by atoms with Gasteiger partial charge in [-0.3, -0.25) is 4.79 Å². The van der Waals surface area contributed by atoms with E-state index in [0.717, 1.165) is 11.3 Å². The van der Waals surface area contributed by atoms with Gasteiger partial charge in [-0.2, -0.15) is 0 Å². The van der Waals surface area contributed by atoms with Crippen LogP contribution in [0.25, 0.3) is 0 Å². The van der Waals surface area contributed by atoms with Crippen molar-refractivity contribution < 1.29 is 9.53 Å². The maximum atomic E-state index is 11.7. The van der Waals surface area contributed by atoms with Gasteiger partial charge in [-0.05, 0) is 24.6 Å². The quantitative estimate of drug-likeness (QED) is 0.775. The van der Waals surface area contributed by atoms with E-state index in [1.807, 2.05) is 36.1 Å². The molecule has 0 radical (unpaired) electrons. The summed E-state index contributed by atoms with van der Waals surface area (Å²) in [6.45, 7) is 2.65. The van der Waals surface area contributed by atoms with Crippen molar-refractivity contribution in [3.8, 4) is 5.75 Å². The van der Waals surface area contributed by atoms with E-state index in [9.17, 15) is 4.79 Å². The lowest BCUT2D eigenvalue weighted by Crippen LogP contribution is -2.28. The van der Waals surface area contributed by atoms with Crippen LogP contribution in [-0.4, -0.2) is 29.8 Å². The van der Waals surface area contributed by atoms with Gasteiger partial charge in [-0.15, -0.1) is 11.6 Å². The number of likely N-dealkylation sites (tertiary alicyclic amines) is 1. The molecular formula is C13H16ClNO2. The van der Waals surface area contributed by atoms with E-state index >= 15 is 0 Å². The fraction of sp³-hybridized carbons (Fsp3) is 0.462. The number of nitrogens with zero attached hydrogens (tertiary/aromatic N) is 1. The number of hydrogen-bond donors (Lipinski definition) is 0. The van der Waals surface area contributed by atoms with Gasteiger partial charge >= 0.3 is 0 Å². The smallest absolute Gasteiger partial charge is 0.224 e. The third kappa shape index (κ3) is 2.55. The molecule has 1 amide bonds. The van der Waals surface area contributed by atoms with Crippen LogP contribution < -0.4 is 4.74 Å². The highest BCUT2D eigenvalue weighted by molar-refractivity contribution is 6.22. The fourth-order valence-electron chi connectivity index (χ4n) is 2.12. The van der Waals surface area contributed by atoms with Gasteiger partial charge in [0.05, 0.1) is 18.5 Å². The van der Waals surface area contributed by atoms with E-state index in [2.05, 4.69) is 0 Å². The van der Waals surface area contributed by atoms with Gasteiger partial charge < -0.3 is 9.64 Å². The van der Waals surface area contributed by atoms with Crippen LogP contribution in [0.3, 0.4) is 0 Å². The van der Waals surface area contributed by atoms with Crippen LogP contribution in [0, 0.1) is 0 Å². The second-order valence-corrected chi connectivity index (χ2v) is 4.91. The Hall–Kier alpha value is -1.22. The molecule has 1 aromatic carbocycles. The lowest BCUT2D eigenvalue weighted by molar-refractivity contribution is -0.129. The first-order valence-corrected chi connectivity index (χ1v) is 6.13. The molecule has 2 atom stereocenters. The monoisotopic (exact) mass is 253 g/mol. The summed E-state index contributed by atoms with van der Waals surface area (Å²) in [5, 5.41) is -0.0526. The second kappa shape index (κ2) is 4.96.